The van der Waals surface area contributed by atoms with Crippen LogP contribution in [0.3, 0.4) is 0 Å². The molecular weight excluding hydrogens is 545 g/mol. The Hall–Kier alpha value is -3.07. The van der Waals surface area contributed by atoms with E-state index in [-0.39, 0.29) is 29.6 Å². The Morgan fingerprint density at radius 1 is 0.921 bits per heavy atom. The van der Waals surface area contributed by atoms with Crippen molar-refractivity contribution in [3.8, 4) is 0 Å². The van der Waals surface area contributed by atoms with E-state index in [2.05, 4.69) is 5.32 Å². The Labute approximate surface area is 234 Å². The summed E-state index contributed by atoms with van der Waals surface area (Å²) >= 11 is 12.5. The summed E-state index contributed by atoms with van der Waals surface area (Å²) in [6.45, 7) is 1.90. The van der Waals surface area contributed by atoms with Crippen LogP contribution in [0.2, 0.25) is 10.0 Å². The average molecular weight is 577 g/mol. The molecule has 0 spiro atoms. The number of amides is 2. The molecule has 1 atom stereocenters. The van der Waals surface area contributed by atoms with E-state index in [1.807, 2.05) is 37.3 Å². The summed E-state index contributed by atoms with van der Waals surface area (Å²) in [5, 5.41) is 3.57. The lowest BCUT2D eigenvalue weighted by molar-refractivity contribution is -0.140. The molecule has 0 bridgehead atoms. The van der Waals surface area contributed by atoms with Crippen molar-refractivity contribution in [3.05, 3.63) is 100 Å². The quantitative estimate of drug-likeness (QED) is 0.332. The molecule has 0 aromatic heterocycles. The van der Waals surface area contributed by atoms with Gasteiger partial charge in [-0.2, -0.15) is 0 Å². The molecule has 1 N–H and O–H groups in total. The SMILES string of the molecule is CCCNC(=O)[C@@H](Cc1ccccc1)N(Cc1cccc(Cl)c1)C(=O)CN(c1ccccc1Cl)S(C)(=O)=O. The minimum atomic E-state index is -3.89. The number of carbonyl (C=O) groups excluding carboxylic acids is 2. The van der Waals surface area contributed by atoms with Gasteiger partial charge in [-0.15, -0.1) is 0 Å². The second-order valence-corrected chi connectivity index (χ2v) is 11.6. The van der Waals surface area contributed by atoms with E-state index in [9.17, 15) is 18.0 Å². The summed E-state index contributed by atoms with van der Waals surface area (Å²) < 4.78 is 26.5. The van der Waals surface area contributed by atoms with Gasteiger partial charge in [-0.1, -0.05) is 84.7 Å². The molecule has 0 radical (unpaired) electrons. The smallest absolute Gasteiger partial charge is 0.244 e. The number of nitrogens with one attached hydrogen (secondary N) is 1. The number of para-hydroxylation sites is 1. The summed E-state index contributed by atoms with van der Waals surface area (Å²) in [6.07, 6.45) is 1.98. The highest BCUT2D eigenvalue weighted by atomic mass is 35.5. The Bertz CT molecular complexity index is 1350. The molecule has 3 rings (SSSR count). The maximum Gasteiger partial charge on any atom is 0.244 e. The highest BCUT2D eigenvalue weighted by molar-refractivity contribution is 7.92. The normalized spacial score (nSPS) is 12.0. The van der Waals surface area contributed by atoms with E-state index in [0.29, 0.717) is 17.1 Å². The van der Waals surface area contributed by atoms with Gasteiger partial charge >= 0.3 is 0 Å². The maximum absolute atomic E-state index is 13.9. The number of anilines is 1. The summed E-state index contributed by atoms with van der Waals surface area (Å²) in [7, 11) is -3.89. The van der Waals surface area contributed by atoms with E-state index < -0.39 is 28.5 Å². The zero-order valence-electron chi connectivity index (χ0n) is 21.3. The third-order valence-electron chi connectivity index (χ3n) is 5.86. The van der Waals surface area contributed by atoms with Gasteiger partial charge in [-0.3, -0.25) is 13.9 Å². The van der Waals surface area contributed by atoms with E-state index in [1.165, 1.54) is 11.0 Å². The predicted molar refractivity (Wildman–Crippen MR) is 153 cm³/mol. The molecule has 202 valence electrons. The summed E-state index contributed by atoms with van der Waals surface area (Å²) in [6, 6.07) is 21.9. The lowest BCUT2D eigenvalue weighted by atomic mass is 10.0. The molecule has 0 fully saturated rings. The second-order valence-electron chi connectivity index (χ2n) is 8.87. The molecule has 3 aromatic carbocycles. The summed E-state index contributed by atoms with van der Waals surface area (Å²) in [5.41, 5.74) is 1.75. The van der Waals surface area contributed by atoms with E-state index in [1.54, 1.807) is 42.5 Å². The first-order chi connectivity index (χ1) is 18.1. The van der Waals surface area contributed by atoms with Crippen LogP contribution in [0.1, 0.15) is 24.5 Å². The van der Waals surface area contributed by atoms with Crippen molar-refractivity contribution in [2.24, 2.45) is 0 Å². The second kappa shape index (κ2) is 13.6. The summed E-state index contributed by atoms with van der Waals surface area (Å²) in [4.78, 5) is 28.8. The molecule has 10 heteroatoms. The Morgan fingerprint density at radius 2 is 1.58 bits per heavy atom. The van der Waals surface area contributed by atoms with Crippen molar-refractivity contribution in [2.45, 2.75) is 32.4 Å². The van der Waals surface area contributed by atoms with Crippen LogP contribution in [-0.2, 0) is 32.6 Å². The highest BCUT2D eigenvalue weighted by Gasteiger charge is 2.33. The number of sulfonamides is 1. The van der Waals surface area contributed by atoms with Crippen molar-refractivity contribution in [2.75, 3.05) is 23.7 Å². The Kier molecular flexibility index (Phi) is 10.6. The third-order valence-corrected chi connectivity index (χ3v) is 7.54. The standard InChI is InChI=1S/C28H31Cl2N3O4S/c1-3-16-31-28(35)26(18-21-10-5-4-6-11-21)32(19-22-12-9-13-23(29)17-22)27(34)20-33(38(2,36)37)25-15-8-7-14-24(25)30/h4-15,17,26H,3,16,18-20H2,1-2H3,(H,31,35)/t26-/m1/s1. The van der Waals surface area contributed by atoms with Gasteiger partial charge in [-0.25, -0.2) is 8.42 Å². The molecule has 0 saturated heterocycles. The first kappa shape index (κ1) is 29.5. The van der Waals surface area contributed by atoms with Gasteiger partial charge in [0.15, 0.2) is 0 Å². The lowest BCUT2D eigenvalue weighted by Crippen LogP contribution is -2.53. The van der Waals surface area contributed by atoms with Crippen molar-refractivity contribution in [3.63, 3.8) is 0 Å². The fraction of sp³-hybridized carbons (Fsp3) is 0.286. The average Bonchev–Trinajstić information content (AvgIpc) is 2.88. The van der Waals surface area contributed by atoms with Crippen molar-refractivity contribution >= 4 is 50.7 Å². The van der Waals surface area contributed by atoms with Crippen molar-refractivity contribution in [1.29, 1.82) is 0 Å². The fourth-order valence-corrected chi connectivity index (χ4v) is 5.36. The van der Waals surface area contributed by atoms with Gasteiger partial charge < -0.3 is 10.2 Å². The molecule has 0 aliphatic carbocycles. The first-order valence-corrected chi connectivity index (χ1v) is 14.8. The number of hydrogen-bond donors (Lipinski definition) is 1. The van der Waals surface area contributed by atoms with Gasteiger partial charge in [0.25, 0.3) is 0 Å². The van der Waals surface area contributed by atoms with Gasteiger partial charge in [0, 0.05) is 24.5 Å². The number of benzene rings is 3. The zero-order valence-corrected chi connectivity index (χ0v) is 23.6. The highest BCUT2D eigenvalue weighted by Crippen LogP contribution is 2.28. The molecule has 0 saturated carbocycles. The predicted octanol–water partition coefficient (Wildman–Crippen LogP) is 4.93. The van der Waals surface area contributed by atoms with Crippen LogP contribution >= 0.6 is 23.2 Å². The molecule has 0 heterocycles. The van der Waals surface area contributed by atoms with Crippen LogP contribution in [0.15, 0.2) is 78.9 Å². The van der Waals surface area contributed by atoms with Crippen LogP contribution < -0.4 is 9.62 Å². The van der Waals surface area contributed by atoms with E-state index in [0.717, 1.165) is 22.5 Å². The largest absolute Gasteiger partial charge is 0.354 e. The molecule has 2 amide bonds. The van der Waals surface area contributed by atoms with Crippen molar-refractivity contribution < 1.29 is 18.0 Å². The van der Waals surface area contributed by atoms with Gasteiger partial charge in [0.05, 0.1) is 17.0 Å². The number of rotatable bonds is 12. The molecule has 3 aromatic rings. The van der Waals surface area contributed by atoms with Crippen LogP contribution in [0, 0.1) is 0 Å². The van der Waals surface area contributed by atoms with Crippen molar-refractivity contribution in [1.82, 2.24) is 10.2 Å². The van der Waals surface area contributed by atoms with E-state index in [4.69, 9.17) is 23.2 Å². The van der Waals surface area contributed by atoms with Crippen LogP contribution in [0.4, 0.5) is 5.69 Å². The third kappa shape index (κ3) is 8.21. The first-order valence-electron chi connectivity index (χ1n) is 12.2. The molecule has 0 unspecified atom stereocenters. The summed E-state index contributed by atoms with van der Waals surface area (Å²) in [5.74, 6) is -0.877. The van der Waals surface area contributed by atoms with Gasteiger partial charge in [-0.05, 0) is 41.8 Å². The number of nitrogens with zero attached hydrogens (tertiary/aromatic N) is 2. The lowest BCUT2D eigenvalue weighted by Gasteiger charge is -2.33. The monoisotopic (exact) mass is 575 g/mol. The van der Waals surface area contributed by atoms with E-state index >= 15 is 0 Å². The number of carbonyl (C=O) groups is 2. The molecule has 38 heavy (non-hydrogen) atoms. The maximum atomic E-state index is 13.9. The minimum Gasteiger partial charge on any atom is -0.354 e. The van der Waals surface area contributed by atoms with Crippen LogP contribution in [0.25, 0.3) is 0 Å². The Balaban J connectivity index is 2.05. The fourth-order valence-electron chi connectivity index (χ4n) is 4.00. The van der Waals surface area contributed by atoms with Crippen LogP contribution in [-0.4, -0.2) is 50.5 Å². The number of hydrogen-bond acceptors (Lipinski definition) is 4. The minimum absolute atomic E-state index is 0.0521. The van der Waals surface area contributed by atoms with Gasteiger partial charge in [0.2, 0.25) is 21.8 Å². The zero-order chi connectivity index (χ0) is 27.7. The Morgan fingerprint density at radius 3 is 2.21 bits per heavy atom. The number of halogens is 2. The molecule has 0 aliphatic rings. The molecule has 0 aliphatic heterocycles. The van der Waals surface area contributed by atoms with Gasteiger partial charge in [0.1, 0.15) is 12.6 Å². The topological polar surface area (TPSA) is 86.8 Å². The van der Waals surface area contributed by atoms with Crippen LogP contribution in [0.5, 0.6) is 0 Å². The molecular formula is C28H31Cl2N3O4S. The molecule has 7 nitrogen and oxygen atoms in total.